The van der Waals surface area contributed by atoms with E-state index in [1.54, 1.807) is 12.3 Å². The van der Waals surface area contributed by atoms with Crippen molar-refractivity contribution in [1.29, 1.82) is 0 Å². The maximum absolute atomic E-state index is 4.05. The van der Waals surface area contributed by atoms with Gasteiger partial charge in [-0.15, -0.1) is 0 Å². The SMILES string of the molecule is C=CC=NC=C(C)C(C)CC. The Morgan fingerprint density at radius 1 is 1.64 bits per heavy atom. The molecule has 0 amide bonds. The molecular formula is C10H17N. The van der Waals surface area contributed by atoms with E-state index in [1.807, 2.05) is 6.20 Å². The molecule has 0 aliphatic carbocycles. The van der Waals surface area contributed by atoms with Crippen molar-refractivity contribution in [3.63, 3.8) is 0 Å². The molecule has 0 radical (unpaired) electrons. The Balaban J connectivity index is 3.98. The second-order valence-corrected chi connectivity index (χ2v) is 2.72. The topological polar surface area (TPSA) is 12.4 Å². The van der Waals surface area contributed by atoms with Crippen LogP contribution in [-0.2, 0) is 0 Å². The maximum atomic E-state index is 4.05. The smallest absolute Gasteiger partial charge is 0.0261 e. The van der Waals surface area contributed by atoms with Crippen molar-refractivity contribution < 1.29 is 0 Å². The summed E-state index contributed by atoms with van der Waals surface area (Å²) in [4.78, 5) is 4.05. The molecule has 62 valence electrons. The third-order valence-electron chi connectivity index (χ3n) is 1.86. The summed E-state index contributed by atoms with van der Waals surface area (Å²) in [6.07, 6.45) is 6.45. The van der Waals surface area contributed by atoms with Crippen LogP contribution in [-0.4, -0.2) is 6.21 Å². The lowest BCUT2D eigenvalue weighted by molar-refractivity contribution is 0.654. The Hall–Kier alpha value is -0.850. The minimum atomic E-state index is 0.636. The number of aliphatic imine (C=N–C) groups is 1. The summed E-state index contributed by atoms with van der Waals surface area (Å²) in [6.45, 7) is 10.0. The third-order valence-corrected chi connectivity index (χ3v) is 1.86. The van der Waals surface area contributed by atoms with Crippen LogP contribution >= 0.6 is 0 Å². The van der Waals surface area contributed by atoms with E-state index < -0.39 is 0 Å². The van der Waals surface area contributed by atoms with Crippen molar-refractivity contribution in [2.24, 2.45) is 10.9 Å². The van der Waals surface area contributed by atoms with E-state index in [9.17, 15) is 0 Å². The largest absolute Gasteiger partial charge is 0.265 e. The second kappa shape index (κ2) is 5.90. The Labute approximate surface area is 69.5 Å². The summed E-state index contributed by atoms with van der Waals surface area (Å²) in [5.74, 6) is 0.636. The average molecular weight is 151 g/mol. The van der Waals surface area contributed by atoms with Crippen molar-refractivity contribution in [3.05, 3.63) is 24.4 Å². The van der Waals surface area contributed by atoms with Gasteiger partial charge in [-0.1, -0.05) is 32.1 Å². The molecule has 1 unspecified atom stereocenters. The fourth-order valence-electron chi connectivity index (χ4n) is 0.671. The first-order valence-electron chi connectivity index (χ1n) is 4.03. The van der Waals surface area contributed by atoms with Crippen LogP contribution in [0.4, 0.5) is 0 Å². The van der Waals surface area contributed by atoms with Gasteiger partial charge in [-0.2, -0.15) is 0 Å². The van der Waals surface area contributed by atoms with Crippen molar-refractivity contribution >= 4 is 6.21 Å². The van der Waals surface area contributed by atoms with Gasteiger partial charge in [0.2, 0.25) is 0 Å². The molecule has 1 nitrogen and oxygen atoms in total. The maximum Gasteiger partial charge on any atom is 0.0261 e. The van der Waals surface area contributed by atoms with Crippen LogP contribution in [0.1, 0.15) is 27.2 Å². The van der Waals surface area contributed by atoms with Gasteiger partial charge >= 0.3 is 0 Å². The summed E-state index contributed by atoms with van der Waals surface area (Å²) in [5, 5.41) is 0. The molecule has 1 heteroatoms. The summed E-state index contributed by atoms with van der Waals surface area (Å²) in [6, 6.07) is 0. The highest BCUT2D eigenvalue weighted by molar-refractivity contribution is 5.70. The highest BCUT2D eigenvalue weighted by Gasteiger charge is 1.98. The van der Waals surface area contributed by atoms with Gasteiger partial charge in [-0.3, -0.25) is 4.99 Å². The van der Waals surface area contributed by atoms with Crippen LogP contribution in [0.3, 0.4) is 0 Å². The second-order valence-electron chi connectivity index (χ2n) is 2.72. The average Bonchev–Trinajstić information content (AvgIpc) is 2.03. The molecule has 0 aliphatic heterocycles. The van der Waals surface area contributed by atoms with E-state index >= 15 is 0 Å². The number of allylic oxidation sites excluding steroid dienone is 2. The van der Waals surface area contributed by atoms with Gasteiger partial charge in [0.25, 0.3) is 0 Å². The van der Waals surface area contributed by atoms with E-state index in [2.05, 4.69) is 32.3 Å². The lowest BCUT2D eigenvalue weighted by Gasteiger charge is -2.06. The summed E-state index contributed by atoms with van der Waals surface area (Å²) >= 11 is 0. The first-order chi connectivity index (χ1) is 5.22. The van der Waals surface area contributed by atoms with Crippen LogP contribution in [0.25, 0.3) is 0 Å². The predicted molar refractivity (Wildman–Crippen MR) is 51.9 cm³/mol. The molecule has 0 aromatic heterocycles. The fourth-order valence-corrected chi connectivity index (χ4v) is 0.671. The zero-order valence-electron chi connectivity index (χ0n) is 7.67. The molecule has 0 aliphatic rings. The highest BCUT2D eigenvalue weighted by Crippen LogP contribution is 2.12. The molecule has 0 aromatic rings. The summed E-state index contributed by atoms with van der Waals surface area (Å²) < 4.78 is 0. The van der Waals surface area contributed by atoms with E-state index in [4.69, 9.17) is 0 Å². The van der Waals surface area contributed by atoms with E-state index in [0.717, 1.165) is 0 Å². The Bertz CT molecular complexity index is 166. The molecule has 0 saturated heterocycles. The lowest BCUT2D eigenvalue weighted by atomic mass is 10.0. The predicted octanol–water partition coefficient (Wildman–Crippen LogP) is 3.19. The van der Waals surface area contributed by atoms with Gasteiger partial charge in [-0.25, -0.2) is 0 Å². The normalized spacial score (nSPS) is 15.4. The van der Waals surface area contributed by atoms with E-state index in [1.165, 1.54) is 12.0 Å². The van der Waals surface area contributed by atoms with Gasteiger partial charge in [-0.05, 0) is 19.3 Å². The van der Waals surface area contributed by atoms with Gasteiger partial charge in [0.05, 0.1) is 0 Å². The van der Waals surface area contributed by atoms with Gasteiger partial charge in [0, 0.05) is 12.4 Å². The van der Waals surface area contributed by atoms with Crippen LogP contribution < -0.4 is 0 Å². The molecule has 11 heavy (non-hydrogen) atoms. The van der Waals surface area contributed by atoms with Gasteiger partial charge in [0.1, 0.15) is 0 Å². The summed E-state index contributed by atoms with van der Waals surface area (Å²) in [7, 11) is 0. The zero-order valence-corrected chi connectivity index (χ0v) is 7.67. The van der Waals surface area contributed by atoms with Crippen LogP contribution in [0, 0.1) is 5.92 Å². The number of hydrogen-bond donors (Lipinski definition) is 0. The van der Waals surface area contributed by atoms with Crippen molar-refractivity contribution in [2.45, 2.75) is 27.2 Å². The molecular weight excluding hydrogens is 134 g/mol. The molecule has 0 N–H and O–H groups in total. The van der Waals surface area contributed by atoms with E-state index in [-0.39, 0.29) is 0 Å². The molecule has 0 aromatic carbocycles. The lowest BCUT2D eigenvalue weighted by Crippen LogP contribution is -1.92. The number of nitrogens with zero attached hydrogens (tertiary/aromatic N) is 1. The standard InChI is InChI=1S/C10H17N/c1-5-7-11-8-10(4)9(3)6-2/h5,7-9H,1,6H2,2-4H3. The van der Waals surface area contributed by atoms with Gasteiger partial charge in [0.15, 0.2) is 0 Å². The first-order valence-corrected chi connectivity index (χ1v) is 4.03. The fraction of sp³-hybridized carbons (Fsp3) is 0.500. The minimum absolute atomic E-state index is 0.636. The number of hydrogen-bond acceptors (Lipinski definition) is 1. The first kappa shape index (κ1) is 10.2. The summed E-state index contributed by atoms with van der Waals surface area (Å²) in [5.41, 5.74) is 1.32. The molecule has 0 spiro atoms. The molecule has 0 fully saturated rings. The Morgan fingerprint density at radius 3 is 2.73 bits per heavy atom. The van der Waals surface area contributed by atoms with Crippen LogP contribution in [0.15, 0.2) is 29.4 Å². The van der Waals surface area contributed by atoms with Crippen LogP contribution in [0.2, 0.25) is 0 Å². The Kier molecular flexibility index (Phi) is 5.44. The highest BCUT2D eigenvalue weighted by atomic mass is 14.7. The van der Waals surface area contributed by atoms with Crippen LogP contribution in [0.5, 0.6) is 0 Å². The zero-order chi connectivity index (χ0) is 8.69. The molecule has 0 rings (SSSR count). The Morgan fingerprint density at radius 2 is 2.27 bits per heavy atom. The monoisotopic (exact) mass is 151 g/mol. The van der Waals surface area contributed by atoms with Crippen molar-refractivity contribution in [3.8, 4) is 0 Å². The minimum Gasteiger partial charge on any atom is -0.265 e. The van der Waals surface area contributed by atoms with Crippen molar-refractivity contribution in [2.75, 3.05) is 0 Å². The van der Waals surface area contributed by atoms with Crippen molar-refractivity contribution in [1.82, 2.24) is 0 Å². The third kappa shape index (κ3) is 4.54. The molecule has 0 saturated carbocycles. The molecule has 0 bridgehead atoms. The van der Waals surface area contributed by atoms with Gasteiger partial charge < -0.3 is 0 Å². The van der Waals surface area contributed by atoms with E-state index in [0.29, 0.717) is 5.92 Å². The quantitative estimate of drug-likeness (QED) is 0.547. The molecule has 1 atom stereocenters. The molecule has 0 heterocycles. The number of rotatable bonds is 4.